The highest BCUT2D eigenvalue weighted by Gasteiger charge is 2.33. The number of nitrogens with zero attached hydrogens (tertiary/aromatic N) is 2. The first kappa shape index (κ1) is 20.8. The van der Waals surface area contributed by atoms with Crippen molar-refractivity contribution in [1.29, 1.82) is 0 Å². The Balaban J connectivity index is 1.95. The lowest BCUT2D eigenvalue weighted by atomic mass is 9.96. The molecule has 1 aromatic carbocycles. The second kappa shape index (κ2) is 8.75. The molecule has 1 aliphatic heterocycles. The summed E-state index contributed by atoms with van der Waals surface area (Å²) in [4.78, 5) is 33.5. The van der Waals surface area contributed by atoms with Gasteiger partial charge in [-0.1, -0.05) is 29.5 Å². The second-order valence-electron chi connectivity index (χ2n) is 6.59. The Morgan fingerprint density at radius 1 is 1.30 bits per heavy atom. The highest BCUT2D eigenvalue weighted by Crippen LogP contribution is 2.31. The van der Waals surface area contributed by atoms with Crippen LogP contribution in [0.1, 0.15) is 30.3 Å². The van der Waals surface area contributed by atoms with Crippen LogP contribution in [0.15, 0.2) is 67.7 Å². The maximum atomic E-state index is 13.4. The molecule has 2 aromatic heterocycles. The van der Waals surface area contributed by atoms with Gasteiger partial charge in [-0.05, 0) is 55.3 Å². The Morgan fingerprint density at radius 3 is 2.70 bits per heavy atom. The third kappa shape index (κ3) is 3.82. The first-order chi connectivity index (χ1) is 14.5. The van der Waals surface area contributed by atoms with Gasteiger partial charge in [0, 0.05) is 9.77 Å². The van der Waals surface area contributed by atoms with E-state index in [9.17, 15) is 9.59 Å². The van der Waals surface area contributed by atoms with E-state index in [2.05, 4.69) is 4.99 Å². The number of thiazole rings is 1. The van der Waals surface area contributed by atoms with Crippen LogP contribution in [-0.4, -0.2) is 23.4 Å². The molecule has 0 N–H and O–H groups in total. The molecule has 0 amide bonds. The number of rotatable bonds is 5. The van der Waals surface area contributed by atoms with Crippen molar-refractivity contribution < 1.29 is 9.53 Å². The molecule has 4 rings (SSSR count). The van der Waals surface area contributed by atoms with E-state index in [1.807, 2.05) is 54.1 Å². The number of thiophene rings is 1. The zero-order chi connectivity index (χ0) is 21.3. The molecule has 0 saturated heterocycles. The molecule has 154 valence electrons. The lowest BCUT2D eigenvalue weighted by Crippen LogP contribution is -2.39. The average molecular weight is 457 g/mol. The standard InChI is InChI=1S/C22H20N2O3S3/c1-4-27-21(26)18-13(2)23-22-24(19(18)14-7-9-15(28-3)10-8-14)20(25)17(30-22)12-16-6-5-11-29-16/h5-12,19H,4H2,1-3H3/b17-12+. The van der Waals surface area contributed by atoms with E-state index in [1.54, 1.807) is 41.5 Å². The zero-order valence-corrected chi connectivity index (χ0v) is 19.2. The van der Waals surface area contributed by atoms with Crippen molar-refractivity contribution in [1.82, 2.24) is 4.57 Å². The summed E-state index contributed by atoms with van der Waals surface area (Å²) < 4.78 is 7.54. The maximum Gasteiger partial charge on any atom is 0.338 e. The minimum atomic E-state index is -0.568. The molecule has 3 aromatic rings. The van der Waals surface area contributed by atoms with Gasteiger partial charge in [0.1, 0.15) is 0 Å². The van der Waals surface area contributed by atoms with Crippen LogP contribution >= 0.6 is 34.4 Å². The Bertz CT molecular complexity index is 1280. The summed E-state index contributed by atoms with van der Waals surface area (Å²) in [7, 11) is 0. The smallest absolute Gasteiger partial charge is 0.338 e. The van der Waals surface area contributed by atoms with Crippen LogP contribution in [0.2, 0.25) is 0 Å². The highest BCUT2D eigenvalue weighted by molar-refractivity contribution is 7.98. The van der Waals surface area contributed by atoms with Gasteiger partial charge in [0.25, 0.3) is 5.56 Å². The van der Waals surface area contributed by atoms with Crippen LogP contribution in [0.25, 0.3) is 6.08 Å². The third-order valence-electron chi connectivity index (χ3n) is 4.77. The van der Waals surface area contributed by atoms with Crippen LogP contribution in [0, 0.1) is 0 Å². The van der Waals surface area contributed by atoms with Gasteiger partial charge in [-0.2, -0.15) is 0 Å². The van der Waals surface area contributed by atoms with Crippen molar-refractivity contribution in [3.8, 4) is 0 Å². The van der Waals surface area contributed by atoms with Crippen molar-refractivity contribution in [3.05, 3.63) is 83.2 Å². The number of aromatic nitrogens is 1. The van der Waals surface area contributed by atoms with Crippen LogP contribution in [0.5, 0.6) is 0 Å². The summed E-state index contributed by atoms with van der Waals surface area (Å²) in [6, 6.07) is 11.3. The summed E-state index contributed by atoms with van der Waals surface area (Å²) in [5.74, 6) is -0.440. The van der Waals surface area contributed by atoms with Gasteiger partial charge in [-0.15, -0.1) is 23.1 Å². The molecule has 0 aliphatic carbocycles. The molecule has 0 saturated carbocycles. The first-order valence-electron chi connectivity index (χ1n) is 9.40. The lowest BCUT2D eigenvalue weighted by molar-refractivity contribution is -0.139. The quantitative estimate of drug-likeness (QED) is 0.435. The lowest BCUT2D eigenvalue weighted by Gasteiger charge is -2.24. The number of esters is 1. The highest BCUT2D eigenvalue weighted by atomic mass is 32.2. The number of hydrogen-bond acceptors (Lipinski definition) is 7. The van der Waals surface area contributed by atoms with Gasteiger partial charge >= 0.3 is 5.97 Å². The molecule has 1 unspecified atom stereocenters. The fraction of sp³-hybridized carbons (Fsp3) is 0.227. The van der Waals surface area contributed by atoms with E-state index in [-0.39, 0.29) is 12.2 Å². The van der Waals surface area contributed by atoms with E-state index in [4.69, 9.17) is 4.74 Å². The predicted molar refractivity (Wildman–Crippen MR) is 123 cm³/mol. The monoisotopic (exact) mass is 456 g/mol. The second-order valence-corrected chi connectivity index (χ2v) is 9.46. The van der Waals surface area contributed by atoms with E-state index < -0.39 is 12.0 Å². The third-order valence-corrected chi connectivity index (χ3v) is 7.31. The minimum Gasteiger partial charge on any atom is -0.463 e. The fourth-order valence-corrected chi connectivity index (χ4v) is 5.57. The largest absolute Gasteiger partial charge is 0.463 e. The molecular formula is C22H20N2O3S3. The predicted octanol–water partition coefficient (Wildman–Crippen LogP) is 3.58. The number of fused-ring (bicyclic) bond motifs is 1. The summed E-state index contributed by atoms with van der Waals surface area (Å²) in [6.45, 7) is 3.83. The summed E-state index contributed by atoms with van der Waals surface area (Å²) in [6.07, 6.45) is 3.89. The molecule has 0 spiro atoms. The molecule has 1 aliphatic rings. The van der Waals surface area contributed by atoms with Crippen LogP contribution in [-0.2, 0) is 9.53 Å². The topological polar surface area (TPSA) is 60.7 Å². The van der Waals surface area contributed by atoms with Crippen LogP contribution in [0.4, 0.5) is 0 Å². The molecule has 8 heteroatoms. The van der Waals surface area contributed by atoms with Gasteiger partial charge in [0.2, 0.25) is 0 Å². The summed E-state index contributed by atoms with van der Waals surface area (Å²) in [5.41, 5.74) is 1.69. The van der Waals surface area contributed by atoms with Crippen molar-refractivity contribution in [2.45, 2.75) is 24.8 Å². The molecule has 5 nitrogen and oxygen atoms in total. The van der Waals surface area contributed by atoms with Gasteiger partial charge in [0.15, 0.2) is 4.80 Å². The van der Waals surface area contributed by atoms with Crippen LogP contribution in [0.3, 0.4) is 0 Å². The maximum absolute atomic E-state index is 13.4. The number of carbonyl (C=O) groups is 1. The number of thioether (sulfide) groups is 1. The number of benzene rings is 1. The fourth-order valence-electron chi connectivity index (χ4n) is 3.40. The molecule has 1 atom stereocenters. The molecule has 0 radical (unpaired) electrons. The van der Waals surface area contributed by atoms with Crippen molar-refractivity contribution in [2.24, 2.45) is 4.99 Å². The SMILES string of the molecule is CCOC(=O)C1=C(C)N=c2s/c(=C/c3cccs3)c(=O)n2C1c1ccc(SC)cc1. The van der Waals surface area contributed by atoms with Crippen molar-refractivity contribution in [2.75, 3.05) is 12.9 Å². The van der Waals surface area contributed by atoms with Gasteiger partial charge in [0.05, 0.1) is 28.5 Å². The first-order valence-corrected chi connectivity index (χ1v) is 12.3. The van der Waals surface area contributed by atoms with Crippen molar-refractivity contribution in [3.63, 3.8) is 0 Å². The number of allylic oxidation sites excluding steroid dienone is 1. The molecule has 0 fully saturated rings. The van der Waals surface area contributed by atoms with E-state index in [1.165, 1.54) is 11.3 Å². The Labute approximate surface area is 186 Å². The number of ether oxygens (including phenoxy) is 1. The van der Waals surface area contributed by atoms with E-state index in [0.717, 1.165) is 15.3 Å². The zero-order valence-electron chi connectivity index (χ0n) is 16.7. The van der Waals surface area contributed by atoms with Crippen molar-refractivity contribution >= 4 is 46.5 Å². The van der Waals surface area contributed by atoms with Gasteiger partial charge < -0.3 is 4.74 Å². The normalized spacial score (nSPS) is 16.4. The minimum absolute atomic E-state index is 0.152. The van der Waals surface area contributed by atoms with Gasteiger partial charge in [-0.3, -0.25) is 9.36 Å². The molecular weight excluding hydrogens is 436 g/mol. The van der Waals surface area contributed by atoms with E-state index in [0.29, 0.717) is 20.6 Å². The van der Waals surface area contributed by atoms with Gasteiger partial charge in [-0.25, -0.2) is 9.79 Å². The summed E-state index contributed by atoms with van der Waals surface area (Å²) in [5, 5.41) is 1.97. The Kier molecular flexibility index (Phi) is 6.08. The van der Waals surface area contributed by atoms with E-state index >= 15 is 0 Å². The van der Waals surface area contributed by atoms with Crippen LogP contribution < -0.4 is 14.9 Å². The molecule has 30 heavy (non-hydrogen) atoms. The Hall–Kier alpha value is -2.42. The Morgan fingerprint density at radius 2 is 2.07 bits per heavy atom. The number of hydrogen-bond donors (Lipinski definition) is 0. The average Bonchev–Trinajstić information content (AvgIpc) is 3.36. The molecule has 3 heterocycles. The number of carbonyl (C=O) groups excluding carboxylic acids is 1. The summed E-state index contributed by atoms with van der Waals surface area (Å²) >= 11 is 4.56. The molecule has 0 bridgehead atoms.